The summed E-state index contributed by atoms with van der Waals surface area (Å²) in [5.74, 6) is 1.45. The molecule has 0 heterocycles. The number of alkyl halides is 1. The van der Waals surface area contributed by atoms with E-state index < -0.39 is 0 Å². The first-order valence-electron chi connectivity index (χ1n) is 5.12. The molecule has 1 heteroatoms. The van der Waals surface area contributed by atoms with Crippen molar-refractivity contribution in [2.75, 3.05) is 5.88 Å². The average molecular weight is 207 g/mol. The molecular formula is C13H15Cl. The number of hydrogen-bond donors (Lipinski definition) is 0. The van der Waals surface area contributed by atoms with Crippen LogP contribution in [0.2, 0.25) is 0 Å². The second-order valence-corrected chi connectivity index (χ2v) is 4.34. The summed E-state index contributed by atoms with van der Waals surface area (Å²) in [6.07, 6.45) is 4.89. The Balaban J connectivity index is 2.21. The van der Waals surface area contributed by atoms with Gasteiger partial charge in [-0.3, -0.25) is 0 Å². The van der Waals surface area contributed by atoms with Gasteiger partial charge in [-0.1, -0.05) is 35.9 Å². The standard InChI is InChI=1S/C13H15Cl/c1-10(9-14)7-11-3-2-4-13(8-11)12-5-6-12/h2-4,7-8,12H,5-6,9H2,1H3/b10-7-. The molecular weight excluding hydrogens is 192 g/mol. The van der Waals surface area contributed by atoms with Crippen LogP contribution in [0.25, 0.3) is 6.08 Å². The van der Waals surface area contributed by atoms with Gasteiger partial charge in [0.25, 0.3) is 0 Å². The zero-order valence-electron chi connectivity index (χ0n) is 8.46. The number of allylic oxidation sites excluding steroid dienone is 1. The molecule has 1 fully saturated rings. The van der Waals surface area contributed by atoms with E-state index in [1.54, 1.807) is 0 Å². The van der Waals surface area contributed by atoms with E-state index in [0.29, 0.717) is 5.88 Å². The molecule has 0 amide bonds. The van der Waals surface area contributed by atoms with Crippen LogP contribution in [0.3, 0.4) is 0 Å². The quantitative estimate of drug-likeness (QED) is 0.650. The zero-order valence-corrected chi connectivity index (χ0v) is 9.22. The van der Waals surface area contributed by atoms with Crippen LogP contribution in [-0.4, -0.2) is 5.88 Å². The van der Waals surface area contributed by atoms with E-state index in [-0.39, 0.29) is 0 Å². The second kappa shape index (κ2) is 4.18. The van der Waals surface area contributed by atoms with Crippen LogP contribution in [0.15, 0.2) is 29.8 Å². The molecule has 2 rings (SSSR count). The van der Waals surface area contributed by atoms with Gasteiger partial charge in [0.05, 0.1) is 0 Å². The lowest BCUT2D eigenvalue weighted by atomic mass is 10.1. The Labute approximate surface area is 90.6 Å². The Hall–Kier alpha value is -0.750. The maximum absolute atomic E-state index is 5.75. The Bertz CT molecular complexity index is 348. The third-order valence-electron chi connectivity index (χ3n) is 2.58. The van der Waals surface area contributed by atoms with E-state index in [9.17, 15) is 0 Å². The first kappa shape index (κ1) is 9.79. The van der Waals surface area contributed by atoms with E-state index >= 15 is 0 Å². The van der Waals surface area contributed by atoms with Crippen molar-refractivity contribution in [3.8, 4) is 0 Å². The average Bonchev–Trinajstić information content (AvgIpc) is 3.01. The molecule has 1 aliphatic rings. The molecule has 0 unspecified atom stereocenters. The van der Waals surface area contributed by atoms with E-state index in [0.717, 1.165) is 5.92 Å². The fraction of sp³-hybridized carbons (Fsp3) is 0.385. The van der Waals surface area contributed by atoms with Gasteiger partial charge in [-0.05, 0) is 36.8 Å². The topological polar surface area (TPSA) is 0 Å². The van der Waals surface area contributed by atoms with Crippen molar-refractivity contribution in [1.82, 2.24) is 0 Å². The van der Waals surface area contributed by atoms with Gasteiger partial charge in [-0.15, -0.1) is 11.6 Å². The minimum Gasteiger partial charge on any atom is -0.122 e. The smallest absolute Gasteiger partial charge is 0.0434 e. The predicted octanol–water partition coefficient (Wildman–Crippen LogP) is 4.21. The number of benzene rings is 1. The molecule has 0 aromatic heterocycles. The Kier molecular flexibility index (Phi) is 2.93. The lowest BCUT2D eigenvalue weighted by Crippen LogP contribution is -1.82. The first-order chi connectivity index (χ1) is 6.79. The summed E-state index contributed by atoms with van der Waals surface area (Å²) in [4.78, 5) is 0. The van der Waals surface area contributed by atoms with Crippen LogP contribution >= 0.6 is 11.6 Å². The fourth-order valence-electron chi connectivity index (χ4n) is 1.64. The third kappa shape index (κ3) is 2.39. The van der Waals surface area contributed by atoms with E-state index in [1.165, 1.54) is 29.5 Å². The molecule has 1 aromatic rings. The molecule has 1 aliphatic carbocycles. The van der Waals surface area contributed by atoms with Crippen LogP contribution in [0.1, 0.15) is 36.8 Å². The highest BCUT2D eigenvalue weighted by Crippen LogP contribution is 2.40. The normalized spacial score (nSPS) is 17.1. The summed E-state index contributed by atoms with van der Waals surface area (Å²) in [5.41, 5.74) is 3.99. The Morgan fingerprint density at radius 2 is 2.29 bits per heavy atom. The van der Waals surface area contributed by atoms with Crippen molar-refractivity contribution in [3.63, 3.8) is 0 Å². The minimum absolute atomic E-state index is 0.619. The van der Waals surface area contributed by atoms with Crippen molar-refractivity contribution >= 4 is 17.7 Å². The summed E-state index contributed by atoms with van der Waals surface area (Å²) in [7, 11) is 0. The predicted molar refractivity (Wildman–Crippen MR) is 62.8 cm³/mol. The van der Waals surface area contributed by atoms with Crippen LogP contribution < -0.4 is 0 Å². The number of halogens is 1. The lowest BCUT2D eigenvalue weighted by Gasteiger charge is -2.00. The summed E-state index contributed by atoms with van der Waals surface area (Å²) in [6.45, 7) is 2.07. The van der Waals surface area contributed by atoms with Gasteiger partial charge < -0.3 is 0 Å². The monoisotopic (exact) mass is 206 g/mol. The van der Waals surface area contributed by atoms with Crippen molar-refractivity contribution in [2.24, 2.45) is 0 Å². The van der Waals surface area contributed by atoms with Crippen molar-refractivity contribution < 1.29 is 0 Å². The third-order valence-corrected chi connectivity index (χ3v) is 3.00. The van der Waals surface area contributed by atoms with E-state index in [2.05, 4.69) is 37.3 Å². The van der Waals surface area contributed by atoms with Gasteiger partial charge in [0.15, 0.2) is 0 Å². The van der Waals surface area contributed by atoms with Gasteiger partial charge >= 0.3 is 0 Å². The van der Waals surface area contributed by atoms with Gasteiger partial charge in [0.2, 0.25) is 0 Å². The van der Waals surface area contributed by atoms with Gasteiger partial charge in [0, 0.05) is 5.88 Å². The highest BCUT2D eigenvalue weighted by molar-refractivity contribution is 6.19. The SMILES string of the molecule is C/C(=C/c1cccc(C2CC2)c1)CCl. The molecule has 0 spiro atoms. The van der Waals surface area contributed by atoms with Gasteiger partial charge in [-0.2, -0.15) is 0 Å². The molecule has 0 atom stereocenters. The Morgan fingerprint density at radius 3 is 2.93 bits per heavy atom. The molecule has 0 aliphatic heterocycles. The van der Waals surface area contributed by atoms with Crippen LogP contribution in [-0.2, 0) is 0 Å². The van der Waals surface area contributed by atoms with Crippen LogP contribution in [0, 0.1) is 0 Å². The molecule has 74 valence electrons. The molecule has 0 nitrogen and oxygen atoms in total. The summed E-state index contributed by atoms with van der Waals surface area (Å²) >= 11 is 5.75. The van der Waals surface area contributed by atoms with Crippen molar-refractivity contribution in [1.29, 1.82) is 0 Å². The number of rotatable bonds is 3. The number of hydrogen-bond acceptors (Lipinski definition) is 0. The summed E-state index contributed by atoms with van der Waals surface area (Å²) in [5, 5.41) is 0. The lowest BCUT2D eigenvalue weighted by molar-refractivity contribution is 1.13. The second-order valence-electron chi connectivity index (χ2n) is 4.07. The van der Waals surface area contributed by atoms with Gasteiger partial charge in [0.1, 0.15) is 0 Å². The first-order valence-corrected chi connectivity index (χ1v) is 5.66. The molecule has 0 bridgehead atoms. The Morgan fingerprint density at radius 1 is 1.50 bits per heavy atom. The van der Waals surface area contributed by atoms with Crippen LogP contribution in [0.4, 0.5) is 0 Å². The highest BCUT2D eigenvalue weighted by Gasteiger charge is 2.22. The summed E-state index contributed by atoms with van der Waals surface area (Å²) < 4.78 is 0. The minimum atomic E-state index is 0.619. The molecule has 1 aromatic carbocycles. The maximum Gasteiger partial charge on any atom is 0.0434 e. The molecule has 0 N–H and O–H groups in total. The fourth-order valence-corrected chi connectivity index (χ4v) is 1.72. The summed E-state index contributed by atoms with van der Waals surface area (Å²) in [6, 6.07) is 8.79. The van der Waals surface area contributed by atoms with Crippen molar-refractivity contribution in [3.05, 3.63) is 41.0 Å². The van der Waals surface area contributed by atoms with E-state index in [1.807, 2.05) is 0 Å². The highest BCUT2D eigenvalue weighted by atomic mass is 35.5. The molecule has 14 heavy (non-hydrogen) atoms. The van der Waals surface area contributed by atoms with E-state index in [4.69, 9.17) is 11.6 Å². The largest absolute Gasteiger partial charge is 0.122 e. The van der Waals surface area contributed by atoms with Gasteiger partial charge in [-0.25, -0.2) is 0 Å². The molecule has 0 saturated heterocycles. The molecule has 1 saturated carbocycles. The zero-order chi connectivity index (χ0) is 9.97. The van der Waals surface area contributed by atoms with Crippen LogP contribution in [0.5, 0.6) is 0 Å². The maximum atomic E-state index is 5.75. The molecule has 0 radical (unpaired) electrons. The van der Waals surface area contributed by atoms with Crippen molar-refractivity contribution in [2.45, 2.75) is 25.7 Å².